The molecule has 4 heteroatoms. The van der Waals surface area contributed by atoms with Crippen molar-refractivity contribution in [2.24, 2.45) is 0 Å². The second kappa shape index (κ2) is 1.83. The van der Waals surface area contributed by atoms with Gasteiger partial charge in [-0.25, -0.2) is 4.98 Å². The Balaban J connectivity index is 2.84. The first-order valence-electron chi connectivity index (χ1n) is 2.21. The van der Waals surface area contributed by atoms with Crippen molar-refractivity contribution in [2.45, 2.75) is 6.61 Å². The van der Waals surface area contributed by atoms with Gasteiger partial charge in [-0.1, -0.05) is 4.73 Å². The standard InChI is InChI=1S/C4H6N2O2/c7-2-4-1-6(8)3-5-4/h1,3,7-8H,2H2/p+1. The first kappa shape index (κ1) is 5.11. The van der Waals surface area contributed by atoms with Gasteiger partial charge in [-0.15, -0.1) is 0 Å². The molecule has 0 spiro atoms. The monoisotopic (exact) mass is 115 g/mol. The van der Waals surface area contributed by atoms with Crippen LogP contribution in [-0.4, -0.2) is 15.3 Å². The molecule has 0 aliphatic heterocycles. The van der Waals surface area contributed by atoms with Crippen molar-refractivity contribution < 1.29 is 15.0 Å². The maximum Gasteiger partial charge on any atom is 0.282 e. The van der Waals surface area contributed by atoms with Crippen LogP contribution < -0.4 is 4.73 Å². The summed E-state index contributed by atoms with van der Waals surface area (Å²) in [7, 11) is 0. The molecule has 8 heavy (non-hydrogen) atoms. The highest BCUT2D eigenvalue weighted by Gasteiger charge is 1.99. The highest BCUT2D eigenvalue weighted by molar-refractivity contribution is 4.84. The van der Waals surface area contributed by atoms with Gasteiger partial charge in [0.05, 0.1) is 0 Å². The number of imidazole rings is 1. The summed E-state index contributed by atoms with van der Waals surface area (Å²) in [4.78, 5) is 2.62. The van der Waals surface area contributed by atoms with Crippen LogP contribution in [0.3, 0.4) is 0 Å². The van der Waals surface area contributed by atoms with Crippen molar-refractivity contribution in [1.29, 1.82) is 0 Å². The Morgan fingerprint density at radius 2 is 2.50 bits per heavy atom. The van der Waals surface area contributed by atoms with Crippen molar-refractivity contribution in [3.8, 4) is 0 Å². The third-order valence-electron chi connectivity index (χ3n) is 0.841. The van der Waals surface area contributed by atoms with Crippen LogP contribution in [0, 0.1) is 0 Å². The van der Waals surface area contributed by atoms with Crippen LogP contribution in [-0.2, 0) is 6.61 Å². The van der Waals surface area contributed by atoms with E-state index < -0.39 is 0 Å². The molecule has 0 aliphatic carbocycles. The number of aromatic amines is 1. The van der Waals surface area contributed by atoms with E-state index in [4.69, 9.17) is 10.3 Å². The first-order valence-corrected chi connectivity index (χ1v) is 2.21. The first-order chi connectivity index (χ1) is 3.83. The number of hydrogen-bond acceptors (Lipinski definition) is 2. The van der Waals surface area contributed by atoms with Crippen LogP contribution in [0.1, 0.15) is 5.69 Å². The third-order valence-corrected chi connectivity index (χ3v) is 0.841. The second-order valence-electron chi connectivity index (χ2n) is 1.47. The number of aromatic nitrogens is 2. The van der Waals surface area contributed by atoms with Crippen LogP contribution in [0.25, 0.3) is 0 Å². The molecule has 3 N–H and O–H groups in total. The summed E-state index contributed by atoms with van der Waals surface area (Å²) < 4.78 is 0.853. The van der Waals surface area contributed by atoms with E-state index in [0.717, 1.165) is 4.73 Å². The van der Waals surface area contributed by atoms with E-state index in [0.29, 0.717) is 5.69 Å². The molecule has 0 atom stereocenters. The fourth-order valence-corrected chi connectivity index (χ4v) is 0.470. The number of aliphatic hydroxyl groups excluding tert-OH is 1. The molecule has 1 aromatic heterocycles. The number of nitrogens with zero attached hydrogens (tertiary/aromatic N) is 1. The molecule has 0 unspecified atom stereocenters. The van der Waals surface area contributed by atoms with E-state index in [-0.39, 0.29) is 6.61 Å². The Kier molecular flexibility index (Phi) is 1.17. The van der Waals surface area contributed by atoms with Gasteiger partial charge >= 0.3 is 0 Å². The van der Waals surface area contributed by atoms with E-state index >= 15 is 0 Å². The normalized spacial score (nSPS) is 9.62. The van der Waals surface area contributed by atoms with E-state index in [2.05, 4.69) is 4.98 Å². The van der Waals surface area contributed by atoms with Crippen LogP contribution in [0.15, 0.2) is 12.5 Å². The molecule has 1 heterocycles. The van der Waals surface area contributed by atoms with Crippen molar-refractivity contribution in [1.82, 2.24) is 4.98 Å². The van der Waals surface area contributed by atoms with Crippen molar-refractivity contribution in [2.75, 3.05) is 0 Å². The molecule has 0 saturated heterocycles. The number of nitrogens with one attached hydrogen (secondary N) is 1. The average molecular weight is 115 g/mol. The summed E-state index contributed by atoms with van der Waals surface area (Å²) in [6.45, 7) is -0.0758. The fourth-order valence-electron chi connectivity index (χ4n) is 0.470. The summed E-state index contributed by atoms with van der Waals surface area (Å²) in [5, 5.41) is 17.0. The van der Waals surface area contributed by atoms with Crippen molar-refractivity contribution >= 4 is 0 Å². The van der Waals surface area contributed by atoms with E-state index in [9.17, 15) is 0 Å². The number of rotatable bonds is 1. The molecule has 0 saturated carbocycles. The van der Waals surface area contributed by atoms with Crippen molar-refractivity contribution in [3.05, 3.63) is 18.2 Å². The highest BCUT2D eigenvalue weighted by atomic mass is 16.5. The van der Waals surface area contributed by atoms with Crippen LogP contribution in [0.5, 0.6) is 0 Å². The zero-order valence-corrected chi connectivity index (χ0v) is 4.20. The quantitative estimate of drug-likeness (QED) is 0.326. The number of aliphatic hydroxyl groups is 1. The van der Waals surface area contributed by atoms with Crippen LogP contribution in [0.2, 0.25) is 0 Å². The molecule has 0 fully saturated rings. The van der Waals surface area contributed by atoms with Gasteiger partial charge in [0.1, 0.15) is 6.61 Å². The molecular formula is C4H7N2O2+. The van der Waals surface area contributed by atoms with E-state index in [1.807, 2.05) is 0 Å². The summed E-state index contributed by atoms with van der Waals surface area (Å²) in [5.41, 5.74) is 0.590. The topological polar surface area (TPSA) is 60.1 Å². The van der Waals surface area contributed by atoms with Crippen LogP contribution >= 0.6 is 0 Å². The lowest BCUT2D eigenvalue weighted by Crippen LogP contribution is -2.25. The predicted octanol–water partition coefficient (Wildman–Crippen LogP) is -0.968. The smallest absolute Gasteiger partial charge is 0.282 e. The SMILES string of the molecule is OCc1c[n+](O)c[nH]1. The average Bonchev–Trinajstić information content (AvgIpc) is 2.14. The largest absolute Gasteiger partial charge is 0.388 e. The summed E-state index contributed by atoms with van der Waals surface area (Å²) in [6.07, 6.45) is 2.73. The van der Waals surface area contributed by atoms with Gasteiger partial charge in [0, 0.05) is 0 Å². The Morgan fingerprint density at radius 1 is 1.75 bits per heavy atom. The maximum atomic E-state index is 8.56. The summed E-state index contributed by atoms with van der Waals surface area (Å²) >= 11 is 0. The minimum atomic E-state index is -0.0758. The highest BCUT2D eigenvalue weighted by Crippen LogP contribution is 1.84. The Hall–Kier alpha value is -1.03. The zero-order valence-electron chi connectivity index (χ0n) is 4.20. The zero-order chi connectivity index (χ0) is 5.98. The molecule has 0 amide bonds. The number of hydrogen-bond donors (Lipinski definition) is 3. The molecule has 4 nitrogen and oxygen atoms in total. The lowest BCUT2D eigenvalue weighted by Gasteiger charge is -1.73. The van der Waals surface area contributed by atoms with Gasteiger partial charge in [0.15, 0.2) is 11.9 Å². The van der Waals surface area contributed by atoms with Crippen molar-refractivity contribution in [3.63, 3.8) is 0 Å². The molecular weight excluding hydrogens is 108 g/mol. The predicted molar refractivity (Wildman–Crippen MR) is 24.1 cm³/mol. The van der Waals surface area contributed by atoms with Gasteiger partial charge in [-0.2, -0.15) is 0 Å². The summed E-state index contributed by atoms with van der Waals surface area (Å²) in [6, 6.07) is 0. The number of H-pyrrole nitrogens is 1. The minimum Gasteiger partial charge on any atom is -0.388 e. The second-order valence-corrected chi connectivity index (χ2v) is 1.47. The molecule has 44 valence electrons. The van der Waals surface area contributed by atoms with E-state index in [1.165, 1.54) is 12.5 Å². The van der Waals surface area contributed by atoms with Gasteiger partial charge in [-0.3, -0.25) is 0 Å². The Morgan fingerprint density at radius 3 is 2.75 bits per heavy atom. The van der Waals surface area contributed by atoms with Gasteiger partial charge < -0.3 is 10.3 Å². The van der Waals surface area contributed by atoms with Gasteiger partial charge in [-0.05, 0) is 0 Å². The third kappa shape index (κ3) is 0.788. The van der Waals surface area contributed by atoms with E-state index in [1.54, 1.807) is 0 Å². The molecule has 0 aliphatic rings. The molecule has 1 rings (SSSR count). The van der Waals surface area contributed by atoms with Gasteiger partial charge in [0.2, 0.25) is 0 Å². The van der Waals surface area contributed by atoms with Gasteiger partial charge in [0.25, 0.3) is 6.33 Å². The lowest BCUT2D eigenvalue weighted by molar-refractivity contribution is -0.904. The minimum absolute atomic E-state index is 0.0758. The molecule has 0 radical (unpaired) electrons. The molecule has 0 aromatic carbocycles. The van der Waals surface area contributed by atoms with Crippen LogP contribution in [0.4, 0.5) is 0 Å². The molecule has 0 bridgehead atoms. The maximum absolute atomic E-state index is 8.56. The lowest BCUT2D eigenvalue weighted by atomic mass is 10.5. The fraction of sp³-hybridized carbons (Fsp3) is 0.250. The Bertz CT molecular complexity index is 172. The molecule has 1 aromatic rings. The Labute approximate surface area is 46.0 Å². The summed E-state index contributed by atoms with van der Waals surface area (Å²) in [5.74, 6) is 0.